The molecule has 0 saturated carbocycles. The number of aliphatic hydroxyl groups is 1. The minimum Gasteiger partial charge on any atom is -0.497 e. The van der Waals surface area contributed by atoms with Crippen molar-refractivity contribution < 1.29 is 9.84 Å². The highest BCUT2D eigenvalue weighted by Crippen LogP contribution is 2.24. The molecule has 1 aromatic heterocycles. The lowest BCUT2D eigenvalue weighted by atomic mass is 10.0. The van der Waals surface area contributed by atoms with E-state index < -0.39 is 0 Å². The number of hydrogen-bond acceptors (Lipinski definition) is 4. The lowest BCUT2D eigenvalue weighted by molar-refractivity contribution is 0.112. The molecule has 2 heterocycles. The van der Waals surface area contributed by atoms with Gasteiger partial charge in [0.15, 0.2) is 0 Å². The van der Waals surface area contributed by atoms with E-state index >= 15 is 0 Å². The molecule has 1 saturated heterocycles. The molecule has 5 nitrogen and oxygen atoms in total. The van der Waals surface area contributed by atoms with E-state index in [1.165, 1.54) is 11.1 Å². The van der Waals surface area contributed by atoms with Crippen LogP contribution in [0.1, 0.15) is 17.5 Å². The van der Waals surface area contributed by atoms with Gasteiger partial charge in [-0.15, -0.1) is 0 Å². The van der Waals surface area contributed by atoms with Gasteiger partial charge < -0.3 is 9.84 Å². The highest BCUT2D eigenvalue weighted by Gasteiger charge is 2.32. The number of hydrogen-bond donors (Lipinski definition) is 1. The van der Waals surface area contributed by atoms with Crippen LogP contribution in [0.5, 0.6) is 5.75 Å². The molecule has 1 aliphatic heterocycles. The summed E-state index contributed by atoms with van der Waals surface area (Å²) in [7, 11) is 3.60. The van der Waals surface area contributed by atoms with Gasteiger partial charge in [0.2, 0.25) is 0 Å². The summed E-state index contributed by atoms with van der Waals surface area (Å²) in [6, 6.07) is 8.30. The van der Waals surface area contributed by atoms with Crippen molar-refractivity contribution in [1.29, 1.82) is 0 Å². The van der Waals surface area contributed by atoms with Crippen molar-refractivity contribution in [2.45, 2.75) is 31.5 Å². The Morgan fingerprint density at radius 1 is 1.27 bits per heavy atom. The Morgan fingerprint density at radius 3 is 2.68 bits per heavy atom. The average Bonchev–Trinajstić information content (AvgIpc) is 3.08. The van der Waals surface area contributed by atoms with E-state index in [2.05, 4.69) is 22.1 Å². The lowest BCUT2D eigenvalue weighted by Crippen LogP contribution is -2.36. The normalized spacial score (nSPS) is 22.1. The fraction of sp³-hybridized carbons (Fsp3) is 0.471. The molecule has 1 aromatic carbocycles. The highest BCUT2D eigenvalue weighted by molar-refractivity contribution is 5.27. The lowest BCUT2D eigenvalue weighted by Gasteiger charge is -2.26. The first kappa shape index (κ1) is 15.1. The predicted molar refractivity (Wildman–Crippen MR) is 84.7 cm³/mol. The van der Waals surface area contributed by atoms with Crippen molar-refractivity contribution >= 4 is 0 Å². The quantitative estimate of drug-likeness (QED) is 0.911. The second-order valence-electron chi connectivity index (χ2n) is 5.97. The van der Waals surface area contributed by atoms with Gasteiger partial charge in [-0.25, -0.2) is 0 Å². The minimum atomic E-state index is -0.265. The number of methoxy groups -OCH3 is 1. The van der Waals surface area contributed by atoms with Crippen molar-refractivity contribution in [3.63, 3.8) is 0 Å². The molecule has 0 unspecified atom stereocenters. The maximum absolute atomic E-state index is 10.3. The molecule has 1 N–H and O–H groups in total. The molecule has 0 spiro atoms. The first-order valence-electron chi connectivity index (χ1n) is 7.68. The van der Waals surface area contributed by atoms with Crippen LogP contribution in [0.25, 0.3) is 0 Å². The Bertz CT molecular complexity index is 609. The van der Waals surface area contributed by atoms with Gasteiger partial charge in [0.25, 0.3) is 0 Å². The van der Waals surface area contributed by atoms with E-state index in [4.69, 9.17) is 4.74 Å². The molecule has 2 aromatic rings. The summed E-state index contributed by atoms with van der Waals surface area (Å²) in [6.07, 6.45) is 5.32. The third kappa shape index (κ3) is 3.31. The van der Waals surface area contributed by atoms with Crippen molar-refractivity contribution in [1.82, 2.24) is 14.7 Å². The maximum atomic E-state index is 10.3. The number of aromatic nitrogens is 2. The zero-order valence-electron chi connectivity index (χ0n) is 13.1. The number of likely N-dealkylation sites (tertiary alicyclic amines) is 1. The first-order valence-corrected chi connectivity index (χ1v) is 7.68. The van der Waals surface area contributed by atoms with Gasteiger partial charge in [0.1, 0.15) is 5.75 Å². The summed E-state index contributed by atoms with van der Waals surface area (Å²) in [5.74, 6) is 0.872. The third-order valence-corrected chi connectivity index (χ3v) is 4.37. The van der Waals surface area contributed by atoms with Crippen LogP contribution in [0.3, 0.4) is 0 Å². The monoisotopic (exact) mass is 301 g/mol. The van der Waals surface area contributed by atoms with Gasteiger partial charge in [-0.1, -0.05) is 12.1 Å². The molecule has 1 fully saturated rings. The fourth-order valence-electron chi connectivity index (χ4n) is 3.15. The van der Waals surface area contributed by atoms with Gasteiger partial charge in [0, 0.05) is 32.4 Å². The number of ether oxygens (including phenoxy) is 1. The zero-order chi connectivity index (χ0) is 15.5. The number of rotatable bonds is 5. The highest BCUT2D eigenvalue weighted by atomic mass is 16.5. The molecule has 3 rings (SSSR count). The summed E-state index contributed by atoms with van der Waals surface area (Å²) in [5.41, 5.74) is 2.42. The average molecular weight is 301 g/mol. The van der Waals surface area contributed by atoms with E-state index in [9.17, 15) is 5.11 Å². The Labute approximate surface area is 131 Å². The van der Waals surface area contributed by atoms with Crippen LogP contribution in [-0.2, 0) is 20.0 Å². The predicted octanol–water partition coefficient (Wildman–Crippen LogP) is 1.61. The van der Waals surface area contributed by atoms with Crippen LogP contribution in [-0.4, -0.2) is 45.6 Å². The van der Waals surface area contributed by atoms with Crippen LogP contribution in [0.2, 0.25) is 0 Å². The molecule has 1 aliphatic rings. The molecule has 0 aliphatic carbocycles. The third-order valence-electron chi connectivity index (χ3n) is 4.37. The van der Waals surface area contributed by atoms with E-state index in [1.807, 2.05) is 36.3 Å². The van der Waals surface area contributed by atoms with E-state index in [0.29, 0.717) is 0 Å². The van der Waals surface area contributed by atoms with Crippen molar-refractivity contribution in [3.05, 3.63) is 47.8 Å². The maximum Gasteiger partial charge on any atom is 0.118 e. The van der Waals surface area contributed by atoms with E-state index in [-0.39, 0.29) is 12.1 Å². The first-order chi connectivity index (χ1) is 10.7. The molecule has 5 heteroatoms. The van der Waals surface area contributed by atoms with Crippen molar-refractivity contribution in [2.24, 2.45) is 7.05 Å². The Balaban J connectivity index is 1.68. The molecule has 0 amide bonds. The van der Waals surface area contributed by atoms with Crippen LogP contribution in [0, 0.1) is 0 Å². The smallest absolute Gasteiger partial charge is 0.118 e. The van der Waals surface area contributed by atoms with E-state index in [0.717, 1.165) is 31.7 Å². The minimum absolute atomic E-state index is 0.159. The van der Waals surface area contributed by atoms with Gasteiger partial charge in [-0.2, -0.15) is 5.10 Å². The molecular weight excluding hydrogens is 278 g/mol. The Kier molecular flexibility index (Phi) is 4.45. The fourth-order valence-corrected chi connectivity index (χ4v) is 3.15. The second-order valence-corrected chi connectivity index (χ2v) is 5.97. The van der Waals surface area contributed by atoms with Crippen molar-refractivity contribution in [3.8, 4) is 5.75 Å². The molecule has 0 bridgehead atoms. The molecule has 0 radical (unpaired) electrons. The van der Waals surface area contributed by atoms with E-state index in [1.54, 1.807) is 7.11 Å². The Hall–Kier alpha value is -1.85. The summed E-state index contributed by atoms with van der Waals surface area (Å²) in [6.45, 7) is 1.78. The number of benzene rings is 1. The standard InChI is InChI=1S/C17H23N3O2/c1-19-11-14(10-18-19)9-16-17(21)7-8-20(16)12-13-3-5-15(22-2)6-4-13/h3-6,10-11,16-17,21H,7-9,12H2,1-2H3/t16-,17-/m1/s1. The van der Waals surface area contributed by atoms with Gasteiger partial charge in [0.05, 0.1) is 19.4 Å². The topological polar surface area (TPSA) is 50.5 Å². The van der Waals surface area contributed by atoms with Gasteiger partial charge >= 0.3 is 0 Å². The summed E-state index contributed by atoms with van der Waals surface area (Å²) >= 11 is 0. The van der Waals surface area contributed by atoms with Gasteiger partial charge in [-0.05, 0) is 36.1 Å². The zero-order valence-corrected chi connectivity index (χ0v) is 13.1. The van der Waals surface area contributed by atoms with Crippen LogP contribution in [0.4, 0.5) is 0 Å². The summed E-state index contributed by atoms with van der Waals surface area (Å²) in [5, 5.41) is 14.5. The van der Waals surface area contributed by atoms with Gasteiger partial charge in [-0.3, -0.25) is 9.58 Å². The molecule has 2 atom stereocenters. The molecular formula is C17H23N3O2. The number of aryl methyl sites for hydroxylation is 1. The van der Waals surface area contributed by atoms with Crippen LogP contribution < -0.4 is 4.74 Å². The second kappa shape index (κ2) is 6.50. The molecule has 118 valence electrons. The summed E-state index contributed by atoms with van der Waals surface area (Å²) < 4.78 is 7.01. The largest absolute Gasteiger partial charge is 0.497 e. The Morgan fingerprint density at radius 2 is 2.05 bits per heavy atom. The number of nitrogens with zero attached hydrogens (tertiary/aromatic N) is 3. The van der Waals surface area contributed by atoms with Crippen LogP contribution >= 0.6 is 0 Å². The summed E-state index contributed by atoms with van der Waals surface area (Å²) in [4.78, 5) is 2.36. The van der Waals surface area contributed by atoms with Crippen molar-refractivity contribution in [2.75, 3.05) is 13.7 Å². The number of aliphatic hydroxyl groups excluding tert-OH is 1. The van der Waals surface area contributed by atoms with Crippen LogP contribution in [0.15, 0.2) is 36.7 Å². The molecule has 22 heavy (non-hydrogen) atoms. The SMILES string of the molecule is COc1ccc(CN2CC[C@@H](O)[C@H]2Cc2cnn(C)c2)cc1.